The molecule has 0 aliphatic carbocycles. The summed E-state index contributed by atoms with van der Waals surface area (Å²) in [5, 5.41) is 7.24. The first kappa shape index (κ1) is 13.6. The van der Waals surface area contributed by atoms with E-state index in [2.05, 4.69) is 30.4 Å². The first-order valence-electron chi connectivity index (χ1n) is 6.58. The molecule has 1 aromatic carbocycles. The number of benzene rings is 1. The molecule has 4 heteroatoms. The lowest BCUT2D eigenvalue weighted by atomic mass is 10.1. The third kappa shape index (κ3) is 3.58. The van der Waals surface area contributed by atoms with Gasteiger partial charge in [-0.1, -0.05) is 30.3 Å². The van der Waals surface area contributed by atoms with Crippen LogP contribution in [0.3, 0.4) is 0 Å². The molecule has 0 aliphatic heterocycles. The van der Waals surface area contributed by atoms with E-state index in [1.165, 1.54) is 0 Å². The van der Waals surface area contributed by atoms with Gasteiger partial charge >= 0.3 is 0 Å². The predicted octanol–water partition coefficient (Wildman–Crippen LogP) is 3.23. The minimum absolute atomic E-state index is 0.262. The molecule has 1 heterocycles. The number of para-hydroxylation sites is 1. The third-order valence-electron chi connectivity index (χ3n) is 2.94. The van der Waals surface area contributed by atoms with Crippen LogP contribution in [0.5, 0.6) is 5.75 Å². The molecule has 0 aliphatic rings. The molecule has 1 N–H and O–H groups in total. The zero-order chi connectivity index (χ0) is 13.7. The Balaban J connectivity index is 2.07. The molecule has 0 saturated heterocycles. The highest BCUT2D eigenvalue weighted by Gasteiger charge is 2.11. The van der Waals surface area contributed by atoms with Gasteiger partial charge in [-0.05, 0) is 26.5 Å². The van der Waals surface area contributed by atoms with Gasteiger partial charge in [-0.25, -0.2) is 0 Å². The second-order valence-electron chi connectivity index (χ2n) is 4.54. The van der Waals surface area contributed by atoms with Crippen molar-refractivity contribution in [1.29, 1.82) is 0 Å². The highest BCUT2D eigenvalue weighted by atomic mass is 16.5. The van der Waals surface area contributed by atoms with Gasteiger partial charge in [0.25, 0.3) is 0 Å². The maximum Gasteiger partial charge on any atom is 0.174 e. The van der Waals surface area contributed by atoms with Gasteiger partial charge in [0.2, 0.25) is 0 Å². The number of ether oxygens (including phenoxy) is 1. The number of hydrogen-bond acceptors (Lipinski definition) is 4. The van der Waals surface area contributed by atoms with Gasteiger partial charge in [0.05, 0.1) is 5.69 Å². The van der Waals surface area contributed by atoms with Gasteiger partial charge in [0, 0.05) is 17.7 Å². The quantitative estimate of drug-likeness (QED) is 0.866. The molecule has 4 nitrogen and oxygen atoms in total. The molecule has 0 spiro atoms. The summed E-state index contributed by atoms with van der Waals surface area (Å²) in [5.41, 5.74) is 2.02. The van der Waals surface area contributed by atoms with E-state index in [4.69, 9.17) is 9.26 Å². The summed E-state index contributed by atoms with van der Waals surface area (Å²) in [7, 11) is 0. The van der Waals surface area contributed by atoms with Gasteiger partial charge in [-0.15, -0.1) is 0 Å². The molecule has 1 atom stereocenters. The van der Waals surface area contributed by atoms with E-state index in [0.29, 0.717) is 6.61 Å². The second kappa shape index (κ2) is 6.38. The lowest BCUT2D eigenvalue weighted by Crippen LogP contribution is -2.18. The first-order chi connectivity index (χ1) is 9.20. The molecule has 102 valence electrons. The van der Waals surface area contributed by atoms with Crippen molar-refractivity contribution in [3.05, 3.63) is 47.3 Å². The molecule has 0 radical (unpaired) electrons. The van der Waals surface area contributed by atoms with Crippen LogP contribution in [0.25, 0.3) is 0 Å². The van der Waals surface area contributed by atoms with Gasteiger partial charge in [0.1, 0.15) is 12.4 Å². The van der Waals surface area contributed by atoms with Crippen LogP contribution in [0.1, 0.15) is 36.9 Å². The average Bonchev–Trinajstić information content (AvgIpc) is 2.83. The SMILES string of the molecule is CCNC(C)c1ccccc1OCc1cc(C)no1. The van der Waals surface area contributed by atoms with E-state index in [9.17, 15) is 0 Å². The van der Waals surface area contributed by atoms with Gasteiger partial charge < -0.3 is 14.6 Å². The minimum Gasteiger partial charge on any atom is -0.485 e. The first-order valence-corrected chi connectivity index (χ1v) is 6.58. The van der Waals surface area contributed by atoms with Crippen molar-refractivity contribution < 1.29 is 9.26 Å². The topological polar surface area (TPSA) is 47.3 Å². The number of aromatic nitrogens is 1. The summed E-state index contributed by atoms with van der Waals surface area (Å²) in [6.07, 6.45) is 0. The Morgan fingerprint density at radius 2 is 2.16 bits per heavy atom. The molecule has 0 saturated carbocycles. The van der Waals surface area contributed by atoms with Crippen LogP contribution in [0.2, 0.25) is 0 Å². The van der Waals surface area contributed by atoms with Crippen LogP contribution in [-0.4, -0.2) is 11.7 Å². The van der Waals surface area contributed by atoms with Crippen LogP contribution >= 0.6 is 0 Å². The molecule has 2 aromatic rings. The Hall–Kier alpha value is -1.81. The minimum atomic E-state index is 0.262. The van der Waals surface area contributed by atoms with Crippen LogP contribution in [0, 0.1) is 6.92 Å². The molecule has 1 unspecified atom stereocenters. The largest absolute Gasteiger partial charge is 0.485 e. The Morgan fingerprint density at radius 1 is 1.37 bits per heavy atom. The fourth-order valence-corrected chi connectivity index (χ4v) is 2.02. The summed E-state index contributed by atoms with van der Waals surface area (Å²) in [6.45, 7) is 7.45. The van der Waals surface area contributed by atoms with Crippen molar-refractivity contribution in [2.75, 3.05) is 6.54 Å². The zero-order valence-electron chi connectivity index (χ0n) is 11.6. The van der Waals surface area contributed by atoms with E-state index < -0.39 is 0 Å². The number of hydrogen-bond donors (Lipinski definition) is 1. The number of aryl methyl sites for hydroxylation is 1. The molecule has 2 rings (SSSR count). The lowest BCUT2D eigenvalue weighted by Gasteiger charge is -2.17. The number of nitrogens with zero attached hydrogens (tertiary/aromatic N) is 1. The third-order valence-corrected chi connectivity index (χ3v) is 2.94. The highest BCUT2D eigenvalue weighted by molar-refractivity contribution is 5.35. The smallest absolute Gasteiger partial charge is 0.174 e. The molecule has 19 heavy (non-hydrogen) atoms. The van der Waals surface area contributed by atoms with E-state index in [1.807, 2.05) is 31.2 Å². The standard InChI is InChI=1S/C15H20N2O2/c1-4-16-12(3)14-7-5-6-8-15(14)18-10-13-9-11(2)17-19-13/h5-9,12,16H,4,10H2,1-3H3. The maximum absolute atomic E-state index is 5.83. The molecule has 0 fully saturated rings. The van der Waals surface area contributed by atoms with Crippen LogP contribution in [0.4, 0.5) is 0 Å². The van der Waals surface area contributed by atoms with Crippen molar-refractivity contribution in [2.24, 2.45) is 0 Å². The Morgan fingerprint density at radius 3 is 2.84 bits per heavy atom. The molecule has 0 bridgehead atoms. The number of nitrogens with one attached hydrogen (secondary N) is 1. The predicted molar refractivity (Wildman–Crippen MR) is 74.1 cm³/mol. The highest BCUT2D eigenvalue weighted by Crippen LogP contribution is 2.25. The molecule has 1 aromatic heterocycles. The van der Waals surface area contributed by atoms with E-state index >= 15 is 0 Å². The van der Waals surface area contributed by atoms with E-state index in [-0.39, 0.29) is 6.04 Å². The van der Waals surface area contributed by atoms with E-state index in [1.54, 1.807) is 0 Å². The normalized spacial score (nSPS) is 12.4. The summed E-state index contributed by atoms with van der Waals surface area (Å²) in [6, 6.07) is 10.2. The maximum atomic E-state index is 5.83. The summed E-state index contributed by atoms with van der Waals surface area (Å²) < 4.78 is 11.0. The van der Waals surface area contributed by atoms with Gasteiger partial charge in [0.15, 0.2) is 5.76 Å². The van der Waals surface area contributed by atoms with Crippen molar-refractivity contribution in [1.82, 2.24) is 10.5 Å². The number of rotatable bonds is 6. The fourth-order valence-electron chi connectivity index (χ4n) is 2.02. The van der Waals surface area contributed by atoms with Crippen molar-refractivity contribution in [3.63, 3.8) is 0 Å². The summed E-state index contributed by atoms with van der Waals surface area (Å²) in [4.78, 5) is 0. The van der Waals surface area contributed by atoms with Crippen molar-refractivity contribution in [3.8, 4) is 5.75 Å². The Labute approximate surface area is 113 Å². The summed E-state index contributed by atoms with van der Waals surface area (Å²) >= 11 is 0. The second-order valence-corrected chi connectivity index (χ2v) is 4.54. The van der Waals surface area contributed by atoms with Crippen LogP contribution in [-0.2, 0) is 6.61 Å². The van der Waals surface area contributed by atoms with Crippen LogP contribution < -0.4 is 10.1 Å². The lowest BCUT2D eigenvalue weighted by molar-refractivity contribution is 0.245. The zero-order valence-corrected chi connectivity index (χ0v) is 11.6. The van der Waals surface area contributed by atoms with Gasteiger partial charge in [-0.2, -0.15) is 0 Å². The fraction of sp³-hybridized carbons (Fsp3) is 0.400. The van der Waals surface area contributed by atoms with E-state index in [0.717, 1.165) is 29.3 Å². The van der Waals surface area contributed by atoms with Crippen molar-refractivity contribution >= 4 is 0 Å². The molecular weight excluding hydrogens is 240 g/mol. The molecule has 0 amide bonds. The van der Waals surface area contributed by atoms with Crippen molar-refractivity contribution in [2.45, 2.75) is 33.4 Å². The Kier molecular flexibility index (Phi) is 4.58. The monoisotopic (exact) mass is 260 g/mol. The summed E-state index contributed by atoms with van der Waals surface area (Å²) in [5.74, 6) is 1.62. The van der Waals surface area contributed by atoms with Crippen LogP contribution in [0.15, 0.2) is 34.9 Å². The Bertz CT molecular complexity index is 522. The average molecular weight is 260 g/mol. The molecular formula is C15H20N2O2. The van der Waals surface area contributed by atoms with Gasteiger partial charge in [-0.3, -0.25) is 0 Å².